The second kappa shape index (κ2) is 6.83. The fraction of sp³-hybridized carbons (Fsp3) is 0.550. The molecule has 1 aromatic heterocycles. The summed E-state index contributed by atoms with van der Waals surface area (Å²) in [5.74, 6) is -0.00925. The zero-order valence-corrected chi connectivity index (χ0v) is 15.2. The molecule has 2 heterocycles. The molecule has 1 spiro atoms. The van der Waals surface area contributed by atoms with Gasteiger partial charge in [0.25, 0.3) is 5.56 Å². The predicted octanol–water partition coefficient (Wildman–Crippen LogP) is 2.20. The van der Waals surface area contributed by atoms with Crippen LogP contribution in [0.5, 0.6) is 0 Å². The van der Waals surface area contributed by atoms with Crippen LogP contribution in [0.3, 0.4) is 0 Å². The first kappa shape index (κ1) is 17.2. The van der Waals surface area contributed by atoms with Crippen molar-refractivity contribution in [2.75, 3.05) is 20.2 Å². The van der Waals surface area contributed by atoms with E-state index < -0.39 is 0 Å². The molecular weight excluding hydrogens is 330 g/mol. The van der Waals surface area contributed by atoms with E-state index in [1.807, 2.05) is 23.1 Å². The maximum atomic E-state index is 12.9. The highest BCUT2D eigenvalue weighted by Crippen LogP contribution is 2.46. The van der Waals surface area contributed by atoms with Crippen LogP contribution in [0.4, 0.5) is 0 Å². The maximum absolute atomic E-state index is 12.9. The largest absolute Gasteiger partial charge is 0.381 e. The minimum Gasteiger partial charge on any atom is -0.381 e. The Morgan fingerprint density at radius 3 is 2.96 bits per heavy atom. The van der Waals surface area contributed by atoms with Crippen LogP contribution in [0.25, 0.3) is 10.9 Å². The minimum atomic E-state index is -0.161. The summed E-state index contributed by atoms with van der Waals surface area (Å²) in [7, 11) is 1.78. The van der Waals surface area contributed by atoms with Gasteiger partial charge in [-0.2, -0.15) is 0 Å². The Hall–Kier alpha value is -2.21. The number of hydrogen-bond donors (Lipinski definition) is 0. The van der Waals surface area contributed by atoms with Crippen molar-refractivity contribution in [3.8, 4) is 0 Å². The number of piperidine rings is 1. The molecule has 0 radical (unpaired) electrons. The number of carbonyl (C=O) groups excluding carboxylic acids is 1. The molecule has 2 atom stereocenters. The fourth-order valence-electron chi connectivity index (χ4n) is 4.78. The van der Waals surface area contributed by atoms with Gasteiger partial charge in [0, 0.05) is 25.6 Å². The van der Waals surface area contributed by atoms with Gasteiger partial charge in [0.05, 0.1) is 23.3 Å². The third kappa shape index (κ3) is 2.92. The molecular formula is C20H25N3O3. The standard InChI is InChI=1S/C20H25N3O3/c1-26-17-8-4-9-20(17)10-5-11-22(13-20)18(24)12-23-14-21-16-7-3-2-6-15(16)19(23)25/h2-3,6-7,14,17H,4-5,8-13H2,1H3/t17-,20+/m1/s1. The van der Waals surface area contributed by atoms with E-state index in [-0.39, 0.29) is 29.5 Å². The van der Waals surface area contributed by atoms with Crippen molar-refractivity contribution in [3.05, 3.63) is 40.9 Å². The Kier molecular flexibility index (Phi) is 4.53. The zero-order valence-electron chi connectivity index (χ0n) is 15.2. The predicted molar refractivity (Wildman–Crippen MR) is 98.9 cm³/mol. The van der Waals surface area contributed by atoms with Crippen LogP contribution in [-0.4, -0.2) is 46.7 Å². The van der Waals surface area contributed by atoms with E-state index in [0.717, 1.165) is 45.2 Å². The molecule has 26 heavy (non-hydrogen) atoms. The summed E-state index contributed by atoms with van der Waals surface area (Å²) in [6, 6.07) is 7.23. The molecule has 1 amide bonds. The molecule has 2 fully saturated rings. The SMILES string of the molecule is CO[C@@H]1CCC[C@@]12CCCN(C(=O)Cn1cnc3ccccc3c1=O)C2. The summed E-state index contributed by atoms with van der Waals surface area (Å²) in [6.45, 7) is 1.54. The number of benzene rings is 1. The Labute approximate surface area is 152 Å². The highest BCUT2D eigenvalue weighted by Gasteiger charge is 2.46. The average Bonchev–Trinajstić information content (AvgIpc) is 3.05. The topological polar surface area (TPSA) is 64.4 Å². The number of nitrogens with zero attached hydrogens (tertiary/aromatic N) is 3. The monoisotopic (exact) mass is 355 g/mol. The maximum Gasteiger partial charge on any atom is 0.261 e. The summed E-state index contributed by atoms with van der Waals surface area (Å²) in [4.78, 5) is 31.7. The number of rotatable bonds is 3. The van der Waals surface area contributed by atoms with Crippen molar-refractivity contribution in [2.45, 2.75) is 44.8 Å². The molecule has 1 aliphatic carbocycles. The lowest BCUT2D eigenvalue weighted by molar-refractivity contribution is -0.138. The quantitative estimate of drug-likeness (QED) is 0.847. The number of ether oxygens (including phenoxy) is 1. The van der Waals surface area contributed by atoms with Crippen LogP contribution in [0.15, 0.2) is 35.4 Å². The van der Waals surface area contributed by atoms with Crippen molar-refractivity contribution in [3.63, 3.8) is 0 Å². The van der Waals surface area contributed by atoms with E-state index in [1.165, 1.54) is 10.9 Å². The summed E-state index contributed by atoms with van der Waals surface area (Å²) in [5.41, 5.74) is 0.591. The first-order valence-corrected chi connectivity index (χ1v) is 9.38. The first-order valence-electron chi connectivity index (χ1n) is 9.38. The van der Waals surface area contributed by atoms with Gasteiger partial charge in [-0.05, 0) is 37.8 Å². The molecule has 6 nitrogen and oxygen atoms in total. The molecule has 6 heteroatoms. The lowest BCUT2D eigenvalue weighted by atomic mass is 9.76. The molecule has 1 saturated heterocycles. The van der Waals surface area contributed by atoms with Gasteiger partial charge in [0.2, 0.25) is 5.91 Å². The molecule has 2 aromatic rings. The molecule has 138 valence electrons. The smallest absolute Gasteiger partial charge is 0.261 e. The van der Waals surface area contributed by atoms with E-state index in [4.69, 9.17) is 4.74 Å². The summed E-state index contributed by atoms with van der Waals surface area (Å²) >= 11 is 0. The lowest BCUT2D eigenvalue weighted by Gasteiger charge is -2.43. The molecule has 0 N–H and O–H groups in total. The second-order valence-corrected chi connectivity index (χ2v) is 7.59. The number of para-hydroxylation sites is 1. The van der Waals surface area contributed by atoms with Gasteiger partial charge in [-0.3, -0.25) is 14.2 Å². The third-order valence-corrected chi connectivity index (χ3v) is 6.11. The normalized spacial score (nSPS) is 25.9. The second-order valence-electron chi connectivity index (χ2n) is 7.59. The zero-order chi connectivity index (χ0) is 18.1. The minimum absolute atomic E-state index is 0.00925. The van der Waals surface area contributed by atoms with Crippen LogP contribution in [0.1, 0.15) is 32.1 Å². The lowest BCUT2D eigenvalue weighted by Crippen LogP contribution is -2.50. The molecule has 1 aromatic carbocycles. The molecule has 2 aliphatic rings. The van der Waals surface area contributed by atoms with Crippen LogP contribution in [-0.2, 0) is 16.1 Å². The third-order valence-electron chi connectivity index (χ3n) is 6.11. The van der Waals surface area contributed by atoms with Gasteiger partial charge >= 0.3 is 0 Å². The number of fused-ring (bicyclic) bond motifs is 1. The Balaban J connectivity index is 1.53. The van der Waals surface area contributed by atoms with Crippen LogP contribution in [0.2, 0.25) is 0 Å². The highest BCUT2D eigenvalue weighted by atomic mass is 16.5. The molecule has 4 rings (SSSR count). The van der Waals surface area contributed by atoms with Crippen LogP contribution < -0.4 is 5.56 Å². The van der Waals surface area contributed by atoms with Crippen molar-refractivity contribution >= 4 is 16.8 Å². The number of carbonyl (C=O) groups is 1. The van der Waals surface area contributed by atoms with Gasteiger partial charge < -0.3 is 9.64 Å². The Morgan fingerprint density at radius 1 is 1.31 bits per heavy atom. The van der Waals surface area contributed by atoms with E-state index in [9.17, 15) is 9.59 Å². The van der Waals surface area contributed by atoms with E-state index in [2.05, 4.69) is 4.98 Å². The Morgan fingerprint density at radius 2 is 2.12 bits per heavy atom. The number of amides is 1. The summed E-state index contributed by atoms with van der Waals surface area (Å²) in [6.07, 6.45) is 7.19. The number of likely N-dealkylation sites (tertiary alicyclic amines) is 1. The number of hydrogen-bond acceptors (Lipinski definition) is 4. The molecule has 0 unspecified atom stereocenters. The fourth-order valence-corrected chi connectivity index (χ4v) is 4.78. The number of methoxy groups -OCH3 is 1. The van der Waals surface area contributed by atoms with Crippen molar-refractivity contribution in [1.29, 1.82) is 0 Å². The van der Waals surface area contributed by atoms with Crippen molar-refractivity contribution < 1.29 is 9.53 Å². The van der Waals surface area contributed by atoms with E-state index in [1.54, 1.807) is 13.2 Å². The van der Waals surface area contributed by atoms with E-state index >= 15 is 0 Å². The molecule has 1 aliphatic heterocycles. The summed E-state index contributed by atoms with van der Waals surface area (Å²) in [5, 5.41) is 0.549. The van der Waals surface area contributed by atoms with Crippen molar-refractivity contribution in [2.24, 2.45) is 5.41 Å². The van der Waals surface area contributed by atoms with E-state index in [0.29, 0.717) is 10.9 Å². The van der Waals surface area contributed by atoms with Gasteiger partial charge in [0.1, 0.15) is 6.54 Å². The van der Waals surface area contributed by atoms with Crippen molar-refractivity contribution in [1.82, 2.24) is 14.5 Å². The Bertz CT molecular complexity index is 878. The van der Waals surface area contributed by atoms with Gasteiger partial charge in [-0.15, -0.1) is 0 Å². The average molecular weight is 355 g/mol. The van der Waals surface area contributed by atoms with Crippen LogP contribution in [0, 0.1) is 5.41 Å². The highest BCUT2D eigenvalue weighted by molar-refractivity contribution is 5.79. The summed E-state index contributed by atoms with van der Waals surface area (Å²) < 4.78 is 7.14. The van der Waals surface area contributed by atoms with Gasteiger partial charge in [-0.25, -0.2) is 4.98 Å². The van der Waals surface area contributed by atoms with Crippen LogP contribution >= 0.6 is 0 Å². The molecule has 1 saturated carbocycles. The first-order chi connectivity index (χ1) is 12.6. The van der Waals surface area contributed by atoms with Gasteiger partial charge in [-0.1, -0.05) is 18.6 Å². The number of aromatic nitrogens is 2. The molecule has 0 bridgehead atoms. The van der Waals surface area contributed by atoms with Gasteiger partial charge in [0.15, 0.2) is 0 Å².